The van der Waals surface area contributed by atoms with Gasteiger partial charge in [0.15, 0.2) is 5.82 Å². The van der Waals surface area contributed by atoms with Crippen LogP contribution in [0.2, 0.25) is 0 Å². The predicted molar refractivity (Wildman–Crippen MR) is 135 cm³/mol. The van der Waals surface area contributed by atoms with Crippen LogP contribution in [0.15, 0.2) is 55.0 Å². The van der Waals surface area contributed by atoms with E-state index in [4.69, 9.17) is 20.4 Å². The van der Waals surface area contributed by atoms with Crippen LogP contribution in [-0.4, -0.2) is 52.1 Å². The van der Waals surface area contributed by atoms with Crippen molar-refractivity contribution in [1.29, 1.82) is 0 Å². The maximum Gasteiger partial charge on any atom is 0.229 e. The molecular weight excluding hydrogens is 444 g/mol. The number of nitrogens with one attached hydrogen (secondary N) is 3. The quantitative estimate of drug-likeness (QED) is 0.300. The average Bonchev–Trinajstić information content (AvgIpc) is 3.36. The highest BCUT2D eigenvalue weighted by atomic mass is 16.5. The van der Waals surface area contributed by atoms with Gasteiger partial charge in [-0.25, -0.2) is 15.0 Å². The van der Waals surface area contributed by atoms with Crippen molar-refractivity contribution in [2.75, 3.05) is 36.6 Å². The fraction of sp³-hybridized carbons (Fsp3) is 0.240. The largest absolute Gasteiger partial charge is 0.494 e. The topological polar surface area (TPSA) is 140 Å². The summed E-state index contributed by atoms with van der Waals surface area (Å²) in [4.78, 5) is 30.7. The van der Waals surface area contributed by atoms with Gasteiger partial charge in [-0.3, -0.25) is 9.78 Å². The van der Waals surface area contributed by atoms with Crippen LogP contribution in [-0.2, 0) is 11.2 Å². The van der Waals surface area contributed by atoms with Crippen LogP contribution >= 0.6 is 0 Å². The molecule has 1 saturated heterocycles. The maximum absolute atomic E-state index is 12.6. The molecule has 3 aromatic heterocycles. The van der Waals surface area contributed by atoms with Crippen molar-refractivity contribution in [2.45, 2.75) is 18.9 Å². The van der Waals surface area contributed by atoms with Crippen LogP contribution in [0.1, 0.15) is 12.0 Å². The molecule has 5 N–H and O–H groups in total. The summed E-state index contributed by atoms with van der Waals surface area (Å²) < 4.78 is 5.53. The molecular formula is C25H26N8O2. The minimum atomic E-state index is -0.190. The number of nitrogen functional groups attached to an aromatic ring is 1. The number of pyridine rings is 2. The lowest BCUT2D eigenvalue weighted by molar-refractivity contribution is -0.115. The van der Waals surface area contributed by atoms with Crippen LogP contribution in [0.25, 0.3) is 22.3 Å². The summed E-state index contributed by atoms with van der Waals surface area (Å²) in [6.07, 6.45) is 6.16. The standard InChI is InChI=1S/C25H26N8O2/c1-35-20-14-28-13-19-23(20)25(30-18-6-7-27-12-18)33-24(31-19)16-5-8-29-21(11-16)32-22(34)10-15-3-2-4-17(26)9-15/h2-5,8-9,11,13-14,18,27H,6-7,10,12,26H2,1H3,(H,29,32,34)(H,30,31,33)/t18-/m1/s1. The average molecular weight is 471 g/mol. The summed E-state index contributed by atoms with van der Waals surface area (Å²) in [5, 5.41) is 10.5. The number of carbonyl (C=O) groups excluding carboxylic acids is 1. The van der Waals surface area contributed by atoms with Gasteiger partial charge in [0.25, 0.3) is 0 Å². The SMILES string of the molecule is COc1cncc2nc(-c3ccnc(NC(=O)Cc4cccc(N)c4)c3)nc(N[C@@H]3CCNC3)c12. The maximum atomic E-state index is 12.6. The summed E-state index contributed by atoms with van der Waals surface area (Å²) in [6.45, 7) is 1.81. The predicted octanol–water partition coefficient (Wildman–Crippen LogP) is 2.63. The van der Waals surface area contributed by atoms with Crippen LogP contribution in [0.3, 0.4) is 0 Å². The van der Waals surface area contributed by atoms with Gasteiger partial charge in [0.1, 0.15) is 17.4 Å². The van der Waals surface area contributed by atoms with Gasteiger partial charge in [0.2, 0.25) is 5.91 Å². The minimum Gasteiger partial charge on any atom is -0.494 e. The molecule has 35 heavy (non-hydrogen) atoms. The number of nitrogens with zero attached hydrogens (tertiary/aromatic N) is 4. The number of rotatable bonds is 7. The van der Waals surface area contributed by atoms with Crippen molar-refractivity contribution in [2.24, 2.45) is 0 Å². The molecule has 1 amide bonds. The number of hydrogen-bond acceptors (Lipinski definition) is 9. The second-order valence-corrected chi connectivity index (χ2v) is 8.37. The molecule has 0 bridgehead atoms. The normalized spacial score (nSPS) is 15.2. The molecule has 10 heteroatoms. The van der Waals surface area contributed by atoms with Gasteiger partial charge in [-0.2, -0.15) is 0 Å². The van der Waals surface area contributed by atoms with E-state index in [1.54, 1.807) is 43.9 Å². The Morgan fingerprint density at radius 2 is 2.14 bits per heavy atom. The summed E-state index contributed by atoms with van der Waals surface area (Å²) in [6, 6.07) is 11.1. The molecule has 1 atom stereocenters. The number of fused-ring (bicyclic) bond motifs is 1. The van der Waals surface area contributed by atoms with E-state index in [0.29, 0.717) is 34.4 Å². The number of methoxy groups -OCH3 is 1. The van der Waals surface area contributed by atoms with Crippen LogP contribution in [0.5, 0.6) is 5.75 Å². The van der Waals surface area contributed by atoms with Crippen molar-refractivity contribution in [3.8, 4) is 17.1 Å². The first-order valence-corrected chi connectivity index (χ1v) is 11.4. The van der Waals surface area contributed by atoms with E-state index >= 15 is 0 Å². The summed E-state index contributed by atoms with van der Waals surface area (Å²) in [7, 11) is 1.60. The number of amides is 1. The molecule has 1 aliphatic rings. The summed E-state index contributed by atoms with van der Waals surface area (Å²) >= 11 is 0. The summed E-state index contributed by atoms with van der Waals surface area (Å²) in [5.74, 6) is 2.01. The molecule has 4 aromatic rings. The number of carbonyl (C=O) groups is 1. The van der Waals surface area contributed by atoms with Crippen molar-refractivity contribution in [3.63, 3.8) is 0 Å². The molecule has 4 heterocycles. The Bertz CT molecular complexity index is 1370. The lowest BCUT2D eigenvalue weighted by atomic mass is 10.1. The molecule has 1 fully saturated rings. The Balaban J connectivity index is 1.44. The van der Waals surface area contributed by atoms with E-state index in [1.807, 2.05) is 18.2 Å². The summed E-state index contributed by atoms with van der Waals surface area (Å²) in [5.41, 5.74) is 8.64. The fourth-order valence-corrected chi connectivity index (χ4v) is 4.13. The van der Waals surface area contributed by atoms with Gasteiger partial charge >= 0.3 is 0 Å². The number of aromatic nitrogens is 4. The van der Waals surface area contributed by atoms with Gasteiger partial charge in [0, 0.05) is 30.0 Å². The number of nitrogens with two attached hydrogens (primary N) is 1. The van der Waals surface area contributed by atoms with Gasteiger partial charge < -0.3 is 26.4 Å². The van der Waals surface area contributed by atoms with Crippen molar-refractivity contribution >= 4 is 34.1 Å². The molecule has 5 rings (SSSR count). The molecule has 0 spiro atoms. The molecule has 10 nitrogen and oxygen atoms in total. The van der Waals surface area contributed by atoms with Gasteiger partial charge in [-0.15, -0.1) is 0 Å². The highest BCUT2D eigenvalue weighted by Gasteiger charge is 2.20. The first kappa shape index (κ1) is 22.5. The van der Waals surface area contributed by atoms with E-state index in [1.165, 1.54) is 0 Å². The van der Waals surface area contributed by atoms with Crippen LogP contribution < -0.4 is 26.4 Å². The third-order valence-corrected chi connectivity index (χ3v) is 5.79. The van der Waals surface area contributed by atoms with E-state index in [9.17, 15) is 4.79 Å². The van der Waals surface area contributed by atoms with Gasteiger partial charge in [-0.1, -0.05) is 12.1 Å². The van der Waals surface area contributed by atoms with Crippen molar-refractivity contribution in [1.82, 2.24) is 25.3 Å². The third-order valence-electron chi connectivity index (χ3n) is 5.79. The third kappa shape index (κ3) is 5.12. The Morgan fingerprint density at radius 1 is 1.23 bits per heavy atom. The highest BCUT2D eigenvalue weighted by molar-refractivity contribution is 5.95. The Morgan fingerprint density at radius 3 is 2.94 bits per heavy atom. The van der Waals surface area contributed by atoms with E-state index in [-0.39, 0.29) is 18.4 Å². The number of hydrogen-bond donors (Lipinski definition) is 4. The first-order chi connectivity index (χ1) is 17.1. The van der Waals surface area contributed by atoms with E-state index in [2.05, 4.69) is 25.9 Å². The Hall–Kier alpha value is -4.31. The fourth-order valence-electron chi connectivity index (χ4n) is 4.13. The molecule has 0 aliphatic carbocycles. The number of anilines is 3. The first-order valence-electron chi connectivity index (χ1n) is 11.4. The minimum absolute atomic E-state index is 0.190. The molecule has 0 unspecified atom stereocenters. The Labute approximate surface area is 202 Å². The zero-order chi connectivity index (χ0) is 24.2. The monoisotopic (exact) mass is 470 g/mol. The molecule has 1 aliphatic heterocycles. The zero-order valence-electron chi connectivity index (χ0n) is 19.3. The van der Waals surface area contributed by atoms with Crippen LogP contribution in [0, 0.1) is 0 Å². The second-order valence-electron chi connectivity index (χ2n) is 8.37. The van der Waals surface area contributed by atoms with Gasteiger partial charge in [-0.05, 0) is 42.8 Å². The molecule has 0 radical (unpaired) electrons. The second kappa shape index (κ2) is 9.90. The highest BCUT2D eigenvalue weighted by Crippen LogP contribution is 2.32. The zero-order valence-corrected chi connectivity index (χ0v) is 19.3. The smallest absolute Gasteiger partial charge is 0.229 e. The molecule has 1 aromatic carbocycles. The van der Waals surface area contributed by atoms with E-state index < -0.39 is 0 Å². The lowest BCUT2D eigenvalue weighted by Crippen LogP contribution is -2.23. The molecule has 0 saturated carbocycles. The van der Waals surface area contributed by atoms with Crippen LogP contribution in [0.4, 0.5) is 17.3 Å². The molecule has 178 valence electrons. The van der Waals surface area contributed by atoms with Gasteiger partial charge in [0.05, 0.1) is 36.8 Å². The number of ether oxygens (including phenoxy) is 1. The lowest BCUT2D eigenvalue weighted by Gasteiger charge is -2.16. The van der Waals surface area contributed by atoms with Crippen molar-refractivity contribution < 1.29 is 9.53 Å². The van der Waals surface area contributed by atoms with E-state index in [0.717, 1.165) is 36.0 Å². The number of benzene rings is 1. The Kier molecular flexibility index (Phi) is 6.36. The van der Waals surface area contributed by atoms with Crippen molar-refractivity contribution in [3.05, 3.63) is 60.6 Å².